The highest BCUT2D eigenvalue weighted by Crippen LogP contribution is 2.29. The maximum Gasteiger partial charge on any atom is 0.173 e. The summed E-state index contributed by atoms with van der Waals surface area (Å²) < 4.78 is 2.42. The Bertz CT molecular complexity index is 489. The molecule has 2 aliphatic rings. The van der Waals surface area contributed by atoms with Crippen LogP contribution in [0.3, 0.4) is 0 Å². The van der Waals surface area contributed by atoms with Crippen LogP contribution >= 0.6 is 17.0 Å². The summed E-state index contributed by atoms with van der Waals surface area (Å²) in [5.41, 5.74) is 1.51. The van der Waals surface area contributed by atoms with Gasteiger partial charge in [-0.1, -0.05) is 51.4 Å². The normalized spacial score (nSPS) is 21.2. The number of hydrogen-bond donors (Lipinski definition) is 0. The molecule has 150 valence electrons. The summed E-state index contributed by atoms with van der Waals surface area (Å²) >= 11 is 0. The van der Waals surface area contributed by atoms with E-state index >= 15 is 0 Å². The number of rotatable bonds is 8. The molecule has 4 heteroatoms. The Labute approximate surface area is 182 Å². The molecule has 1 aromatic rings. The van der Waals surface area contributed by atoms with Gasteiger partial charge in [-0.15, -0.1) is 17.0 Å². The Morgan fingerprint density at radius 1 is 1.00 bits per heavy atom. The molecule has 26 heavy (non-hydrogen) atoms. The lowest BCUT2D eigenvalue weighted by Gasteiger charge is -2.21. The molecule has 1 aliphatic heterocycles. The standard InChI is InChI=1S/C22H37N2.2BrH/c1-23-16-10-15-22(23)21-14-9-18-24(19-21)17-8-3-2-5-11-20-12-6-4-7-13-20;;/h9,14,18-20,22H,2-8,10-13,15-17H2,1H3;2*1H/q+1;;/p-1/t22-;;/m0../s1. The molecule has 2 fully saturated rings. The van der Waals surface area contributed by atoms with E-state index in [-0.39, 0.29) is 34.0 Å². The highest BCUT2D eigenvalue weighted by atomic mass is 79.9. The predicted octanol–water partition coefficient (Wildman–Crippen LogP) is 2.85. The van der Waals surface area contributed by atoms with Gasteiger partial charge in [0.05, 0.1) is 0 Å². The fraction of sp³-hybridized carbons (Fsp3) is 0.773. The molecule has 1 aliphatic carbocycles. The van der Waals surface area contributed by atoms with E-state index in [1.165, 1.54) is 95.7 Å². The molecule has 0 spiro atoms. The Morgan fingerprint density at radius 2 is 1.77 bits per heavy atom. The first-order valence-electron chi connectivity index (χ1n) is 10.5. The van der Waals surface area contributed by atoms with Crippen LogP contribution in [0.5, 0.6) is 0 Å². The summed E-state index contributed by atoms with van der Waals surface area (Å²) in [6, 6.07) is 5.20. The van der Waals surface area contributed by atoms with Crippen LogP contribution in [0, 0.1) is 5.92 Å². The van der Waals surface area contributed by atoms with E-state index in [0.29, 0.717) is 6.04 Å². The monoisotopic (exact) mass is 488 g/mol. The van der Waals surface area contributed by atoms with Crippen molar-refractivity contribution in [3.05, 3.63) is 30.1 Å². The van der Waals surface area contributed by atoms with Crippen LogP contribution in [0.1, 0.15) is 88.7 Å². The number of unbranched alkanes of at least 4 members (excludes halogenated alkanes) is 3. The highest BCUT2D eigenvalue weighted by Gasteiger charge is 2.24. The minimum Gasteiger partial charge on any atom is -1.00 e. The minimum absolute atomic E-state index is 0. The molecule has 1 saturated carbocycles. The zero-order chi connectivity index (χ0) is 16.6. The van der Waals surface area contributed by atoms with Crippen LogP contribution < -0.4 is 21.5 Å². The Hall–Kier alpha value is 0.0700. The van der Waals surface area contributed by atoms with Gasteiger partial charge in [0, 0.05) is 24.1 Å². The van der Waals surface area contributed by atoms with Crippen molar-refractivity contribution in [3.8, 4) is 0 Å². The van der Waals surface area contributed by atoms with Crippen molar-refractivity contribution in [2.45, 2.75) is 89.6 Å². The van der Waals surface area contributed by atoms with Crippen LogP contribution in [0.4, 0.5) is 0 Å². The number of likely N-dealkylation sites (tertiary alicyclic amines) is 1. The van der Waals surface area contributed by atoms with E-state index in [0.717, 1.165) is 5.92 Å². The highest BCUT2D eigenvalue weighted by molar-refractivity contribution is 8.93. The summed E-state index contributed by atoms with van der Waals surface area (Å²) in [7, 11) is 2.27. The van der Waals surface area contributed by atoms with E-state index in [2.05, 4.69) is 41.0 Å². The lowest BCUT2D eigenvalue weighted by atomic mass is 9.85. The van der Waals surface area contributed by atoms with Gasteiger partial charge in [0.15, 0.2) is 12.4 Å². The van der Waals surface area contributed by atoms with Crippen molar-refractivity contribution in [2.75, 3.05) is 13.6 Å². The quantitative estimate of drug-likeness (QED) is 0.402. The molecular weight excluding hydrogens is 452 g/mol. The topological polar surface area (TPSA) is 7.12 Å². The van der Waals surface area contributed by atoms with Crippen molar-refractivity contribution in [1.82, 2.24) is 4.90 Å². The third-order valence-electron chi connectivity index (χ3n) is 6.29. The fourth-order valence-electron chi connectivity index (χ4n) is 4.77. The number of nitrogens with zero attached hydrogens (tertiary/aromatic N) is 2. The number of halogens is 2. The number of hydrogen-bond acceptors (Lipinski definition) is 1. The second-order valence-electron chi connectivity index (χ2n) is 8.22. The van der Waals surface area contributed by atoms with Gasteiger partial charge in [0.2, 0.25) is 0 Å². The lowest BCUT2D eigenvalue weighted by molar-refractivity contribution is -0.697. The molecule has 0 radical (unpaired) electrons. The maximum absolute atomic E-state index is 2.50. The molecule has 2 heterocycles. The third-order valence-corrected chi connectivity index (χ3v) is 6.29. The van der Waals surface area contributed by atoms with E-state index < -0.39 is 0 Å². The van der Waals surface area contributed by atoms with Gasteiger partial charge in [-0.2, -0.15) is 0 Å². The first kappa shape index (κ1) is 24.1. The number of aromatic nitrogens is 1. The first-order valence-corrected chi connectivity index (χ1v) is 10.5. The SMILES string of the molecule is Br.CN1CCC[C@H]1c1ccc[n+](CCCCCCC2CCCCC2)c1.[Br-]. The van der Waals surface area contributed by atoms with Crippen LogP contribution in [-0.4, -0.2) is 18.5 Å². The van der Waals surface area contributed by atoms with E-state index in [1.807, 2.05) is 0 Å². The van der Waals surface area contributed by atoms with Crippen molar-refractivity contribution < 1.29 is 21.5 Å². The zero-order valence-electron chi connectivity index (χ0n) is 16.5. The average Bonchev–Trinajstić information content (AvgIpc) is 3.05. The van der Waals surface area contributed by atoms with Crippen molar-refractivity contribution in [3.63, 3.8) is 0 Å². The summed E-state index contributed by atoms with van der Waals surface area (Å²) in [4.78, 5) is 2.50. The van der Waals surface area contributed by atoms with Crippen LogP contribution in [0.25, 0.3) is 0 Å². The fourth-order valence-corrected chi connectivity index (χ4v) is 4.77. The lowest BCUT2D eigenvalue weighted by Crippen LogP contribution is -3.00. The second kappa shape index (κ2) is 13.3. The molecule has 0 unspecified atom stereocenters. The predicted molar refractivity (Wildman–Crippen MR) is 111 cm³/mol. The van der Waals surface area contributed by atoms with Gasteiger partial charge in [-0.05, 0) is 44.8 Å². The summed E-state index contributed by atoms with van der Waals surface area (Å²) in [6.07, 6.45) is 21.9. The molecule has 1 atom stereocenters. The Kier molecular flexibility index (Phi) is 12.3. The first-order chi connectivity index (χ1) is 11.8. The Morgan fingerprint density at radius 3 is 2.50 bits per heavy atom. The molecule has 1 saturated heterocycles. The summed E-state index contributed by atoms with van der Waals surface area (Å²) in [5.74, 6) is 1.06. The van der Waals surface area contributed by atoms with E-state index in [4.69, 9.17) is 0 Å². The molecule has 0 N–H and O–H groups in total. The number of aryl methyl sites for hydroxylation is 1. The molecule has 1 aromatic heterocycles. The average molecular weight is 490 g/mol. The molecule has 2 nitrogen and oxygen atoms in total. The van der Waals surface area contributed by atoms with Crippen molar-refractivity contribution in [2.24, 2.45) is 5.92 Å². The largest absolute Gasteiger partial charge is 1.00 e. The molecule has 0 aromatic carbocycles. The zero-order valence-corrected chi connectivity index (χ0v) is 19.8. The van der Waals surface area contributed by atoms with Crippen molar-refractivity contribution in [1.29, 1.82) is 0 Å². The van der Waals surface area contributed by atoms with Gasteiger partial charge in [-0.25, -0.2) is 4.57 Å². The van der Waals surface area contributed by atoms with Crippen LogP contribution in [0.2, 0.25) is 0 Å². The second-order valence-corrected chi connectivity index (χ2v) is 8.22. The van der Waals surface area contributed by atoms with E-state index in [1.54, 1.807) is 0 Å². The van der Waals surface area contributed by atoms with Gasteiger partial charge in [-0.3, -0.25) is 4.90 Å². The molecule has 0 amide bonds. The maximum atomic E-state index is 2.50. The smallest absolute Gasteiger partial charge is 0.173 e. The summed E-state index contributed by atoms with van der Waals surface area (Å²) in [5, 5.41) is 0. The van der Waals surface area contributed by atoms with Gasteiger partial charge in [0.25, 0.3) is 0 Å². The van der Waals surface area contributed by atoms with Crippen LogP contribution in [0.15, 0.2) is 24.5 Å². The molecule has 3 rings (SSSR count). The third kappa shape index (κ3) is 7.59. The van der Waals surface area contributed by atoms with Crippen LogP contribution in [-0.2, 0) is 6.54 Å². The van der Waals surface area contributed by atoms with E-state index in [9.17, 15) is 0 Å². The summed E-state index contributed by atoms with van der Waals surface area (Å²) in [6.45, 7) is 2.44. The van der Waals surface area contributed by atoms with Gasteiger partial charge < -0.3 is 17.0 Å². The minimum atomic E-state index is 0. The van der Waals surface area contributed by atoms with Gasteiger partial charge >= 0.3 is 0 Å². The molecule has 0 bridgehead atoms. The Balaban J connectivity index is 0.00000169. The van der Waals surface area contributed by atoms with Crippen molar-refractivity contribution >= 4 is 17.0 Å². The molecular formula is C22H38Br2N2. The number of pyridine rings is 1. The van der Waals surface area contributed by atoms with Gasteiger partial charge in [0.1, 0.15) is 6.54 Å².